The van der Waals surface area contributed by atoms with Crippen LogP contribution in [0.4, 0.5) is 0 Å². The van der Waals surface area contributed by atoms with E-state index >= 15 is 0 Å². The Labute approximate surface area is 128 Å². The molecule has 2 heterocycles. The van der Waals surface area contributed by atoms with Crippen LogP contribution in [0, 0.1) is 13.8 Å². The van der Waals surface area contributed by atoms with Crippen LogP contribution in [-0.4, -0.2) is 39.1 Å². The summed E-state index contributed by atoms with van der Waals surface area (Å²) in [6.45, 7) is 3.50. The van der Waals surface area contributed by atoms with Crippen LogP contribution in [0.2, 0.25) is 0 Å². The smallest absolute Gasteiger partial charge is 0.246 e. The van der Waals surface area contributed by atoms with E-state index in [1.54, 1.807) is 25.2 Å². The molecule has 0 aliphatic rings. The second kappa shape index (κ2) is 6.27. The zero-order valence-electron chi connectivity index (χ0n) is 12.5. The molecular weight excluding hydrogens is 310 g/mol. The van der Waals surface area contributed by atoms with Gasteiger partial charge in [-0.25, -0.2) is 13.1 Å². The Morgan fingerprint density at radius 3 is 2.62 bits per heavy atom. The molecule has 8 heteroatoms. The van der Waals surface area contributed by atoms with Crippen LogP contribution in [-0.2, 0) is 10.0 Å². The lowest BCUT2D eigenvalue weighted by Crippen LogP contribution is -2.34. The fraction of sp³-hybridized carbons (Fsp3) is 0.462. The highest BCUT2D eigenvalue weighted by atomic mass is 32.2. The van der Waals surface area contributed by atoms with Gasteiger partial charge in [-0.2, -0.15) is 0 Å². The predicted octanol–water partition coefficient (Wildman–Crippen LogP) is 1.93. The second-order valence-electron chi connectivity index (χ2n) is 5.00. The summed E-state index contributed by atoms with van der Waals surface area (Å²) in [4.78, 5) is 3.23. The molecule has 0 unspecified atom stereocenters. The van der Waals surface area contributed by atoms with Crippen molar-refractivity contribution in [1.29, 1.82) is 0 Å². The zero-order valence-corrected chi connectivity index (χ0v) is 14.1. The molecule has 0 aliphatic heterocycles. The third-order valence-corrected chi connectivity index (χ3v) is 5.84. The van der Waals surface area contributed by atoms with E-state index < -0.39 is 10.0 Å². The molecule has 116 valence electrons. The molecule has 0 spiro atoms. The highest BCUT2D eigenvalue weighted by Gasteiger charge is 2.26. The van der Waals surface area contributed by atoms with Crippen LogP contribution < -0.4 is 4.72 Å². The van der Waals surface area contributed by atoms with Crippen molar-refractivity contribution in [3.05, 3.63) is 33.8 Å². The van der Waals surface area contributed by atoms with E-state index in [1.807, 2.05) is 36.5 Å². The molecule has 2 aromatic rings. The molecular formula is C13H19N3O3S2. The van der Waals surface area contributed by atoms with E-state index in [0.29, 0.717) is 18.0 Å². The maximum absolute atomic E-state index is 12.4. The van der Waals surface area contributed by atoms with Crippen LogP contribution >= 0.6 is 11.3 Å². The highest BCUT2D eigenvalue weighted by Crippen LogP contribution is 2.24. The van der Waals surface area contributed by atoms with Gasteiger partial charge in [0.15, 0.2) is 5.76 Å². The number of hydrogen-bond donors (Lipinski definition) is 1. The van der Waals surface area contributed by atoms with E-state index in [9.17, 15) is 8.42 Å². The van der Waals surface area contributed by atoms with Crippen molar-refractivity contribution >= 4 is 21.4 Å². The molecule has 0 amide bonds. The van der Waals surface area contributed by atoms with Gasteiger partial charge in [0.25, 0.3) is 0 Å². The van der Waals surface area contributed by atoms with Crippen molar-refractivity contribution in [2.75, 3.05) is 20.6 Å². The molecule has 6 nitrogen and oxygen atoms in total. The van der Waals surface area contributed by atoms with Gasteiger partial charge in [0, 0.05) is 11.4 Å². The highest BCUT2D eigenvalue weighted by molar-refractivity contribution is 7.89. The fourth-order valence-corrected chi connectivity index (χ4v) is 4.42. The Morgan fingerprint density at radius 1 is 1.43 bits per heavy atom. The Hall–Kier alpha value is -1.22. The van der Waals surface area contributed by atoms with E-state index in [4.69, 9.17) is 4.52 Å². The van der Waals surface area contributed by atoms with Crippen LogP contribution in [0.3, 0.4) is 0 Å². The van der Waals surface area contributed by atoms with Crippen LogP contribution in [0.15, 0.2) is 26.9 Å². The van der Waals surface area contributed by atoms with Gasteiger partial charge in [-0.3, -0.25) is 0 Å². The van der Waals surface area contributed by atoms with Crippen LogP contribution in [0.5, 0.6) is 0 Å². The first-order chi connectivity index (χ1) is 9.83. The van der Waals surface area contributed by atoms with Crippen molar-refractivity contribution in [2.24, 2.45) is 0 Å². The minimum atomic E-state index is -3.63. The maximum atomic E-state index is 12.4. The van der Waals surface area contributed by atoms with Gasteiger partial charge in [-0.15, -0.1) is 11.3 Å². The number of rotatable bonds is 6. The lowest BCUT2D eigenvalue weighted by molar-refractivity contribution is 0.303. The van der Waals surface area contributed by atoms with Gasteiger partial charge in [0.1, 0.15) is 10.6 Å². The number of sulfonamides is 1. The van der Waals surface area contributed by atoms with E-state index in [-0.39, 0.29) is 10.9 Å². The third-order valence-electron chi connectivity index (χ3n) is 3.20. The average molecular weight is 329 g/mol. The number of nitrogens with one attached hydrogen (secondary N) is 1. The molecule has 0 radical (unpaired) electrons. The molecule has 1 N–H and O–H groups in total. The van der Waals surface area contributed by atoms with E-state index in [2.05, 4.69) is 9.88 Å². The number of nitrogens with zero attached hydrogens (tertiary/aromatic N) is 2. The summed E-state index contributed by atoms with van der Waals surface area (Å²) in [5.41, 5.74) is 0.373. The van der Waals surface area contributed by atoms with Crippen molar-refractivity contribution in [1.82, 2.24) is 14.8 Å². The molecule has 2 rings (SSSR count). The SMILES string of the molecule is Cc1noc(C)c1S(=O)(=O)NC[C@@H](c1cccs1)N(C)C. The predicted molar refractivity (Wildman–Crippen MR) is 81.9 cm³/mol. The summed E-state index contributed by atoms with van der Waals surface area (Å²) in [6.07, 6.45) is 0. The van der Waals surface area contributed by atoms with Crippen molar-refractivity contribution in [3.8, 4) is 0 Å². The Morgan fingerprint density at radius 2 is 2.14 bits per heavy atom. The molecule has 2 aromatic heterocycles. The lowest BCUT2D eigenvalue weighted by atomic mass is 10.2. The van der Waals surface area contributed by atoms with Gasteiger partial charge >= 0.3 is 0 Å². The first kappa shape index (κ1) is 16.2. The van der Waals surface area contributed by atoms with Crippen molar-refractivity contribution in [2.45, 2.75) is 24.8 Å². The number of hydrogen-bond acceptors (Lipinski definition) is 6. The largest absolute Gasteiger partial charge is 0.360 e. The molecule has 0 fully saturated rings. The van der Waals surface area contributed by atoms with Gasteiger partial charge in [0.2, 0.25) is 10.0 Å². The Kier molecular flexibility index (Phi) is 4.82. The zero-order chi connectivity index (χ0) is 15.6. The Bertz CT molecular complexity index is 671. The summed E-state index contributed by atoms with van der Waals surface area (Å²) in [7, 11) is 0.224. The summed E-state index contributed by atoms with van der Waals surface area (Å²) >= 11 is 1.61. The standard InChI is InChI=1S/C13H19N3O3S2/c1-9-13(10(2)19-15-9)21(17,18)14-8-11(16(3)4)12-6-5-7-20-12/h5-7,11,14H,8H2,1-4H3/t11-/m0/s1. The first-order valence-electron chi connectivity index (χ1n) is 6.45. The molecule has 0 bridgehead atoms. The minimum absolute atomic E-state index is 0.0137. The molecule has 0 saturated heterocycles. The minimum Gasteiger partial charge on any atom is -0.360 e. The number of aryl methyl sites for hydroxylation is 2. The third kappa shape index (κ3) is 3.52. The number of thiophene rings is 1. The number of aromatic nitrogens is 1. The molecule has 0 saturated carbocycles. The summed E-state index contributed by atoms with van der Waals surface area (Å²) in [5.74, 6) is 0.303. The monoisotopic (exact) mass is 329 g/mol. The van der Waals surface area contributed by atoms with Crippen LogP contribution in [0.25, 0.3) is 0 Å². The average Bonchev–Trinajstić information content (AvgIpc) is 2.99. The van der Waals surface area contributed by atoms with E-state index in [1.165, 1.54) is 0 Å². The van der Waals surface area contributed by atoms with Crippen molar-refractivity contribution < 1.29 is 12.9 Å². The second-order valence-corrected chi connectivity index (χ2v) is 7.68. The van der Waals surface area contributed by atoms with Crippen LogP contribution in [0.1, 0.15) is 22.4 Å². The molecule has 1 atom stereocenters. The van der Waals surface area contributed by atoms with Crippen molar-refractivity contribution in [3.63, 3.8) is 0 Å². The van der Waals surface area contributed by atoms with E-state index in [0.717, 1.165) is 4.88 Å². The van der Waals surface area contributed by atoms with Gasteiger partial charge in [-0.1, -0.05) is 11.2 Å². The normalized spacial score (nSPS) is 13.8. The fourth-order valence-electron chi connectivity index (χ4n) is 2.14. The topological polar surface area (TPSA) is 75.4 Å². The lowest BCUT2D eigenvalue weighted by Gasteiger charge is -2.23. The number of likely N-dealkylation sites (N-methyl/N-ethyl adjacent to an activating group) is 1. The molecule has 0 aliphatic carbocycles. The molecule has 21 heavy (non-hydrogen) atoms. The quantitative estimate of drug-likeness (QED) is 0.876. The maximum Gasteiger partial charge on any atom is 0.246 e. The first-order valence-corrected chi connectivity index (χ1v) is 8.81. The summed E-state index contributed by atoms with van der Waals surface area (Å²) in [5, 5.41) is 5.67. The van der Waals surface area contributed by atoms with Gasteiger partial charge in [0.05, 0.1) is 6.04 Å². The van der Waals surface area contributed by atoms with Gasteiger partial charge < -0.3 is 9.42 Å². The Balaban J connectivity index is 2.18. The summed E-state index contributed by atoms with van der Waals surface area (Å²) < 4.78 is 32.4. The van der Waals surface area contributed by atoms with Gasteiger partial charge in [-0.05, 0) is 39.4 Å². The summed E-state index contributed by atoms with van der Waals surface area (Å²) in [6, 6.07) is 3.94. The molecule has 0 aromatic carbocycles.